The molecule has 3 fully saturated rings. The lowest BCUT2D eigenvalue weighted by atomic mass is 10.1. The van der Waals surface area contributed by atoms with Gasteiger partial charge in [-0.05, 0) is 35.5 Å². The van der Waals surface area contributed by atoms with Crippen molar-refractivity contribution in [2.45, 2.75) is 41.9 Å². The first-order valence-electron chi connectivity index (χ1n) is 4.13. The Kier molecular flexibility index (Phi) is 0.677. The summed E-state index contributed by atoms with van der Waals surface area (Å²) in [4.78, 5) is 0. The molecule has 0 aromatic carbocycles. The highest BCUT2D eigenvalue weighted by Gasteiger charge is 2.71. The summed E-state index contributed by atoms with van der Waals surface area (Å²) in [6.07, 6.45) is 4.81. The normalized spacial score (nSPS) is 75.4. The maximum absolute atomic E-state index is 2.50. The molecule has 3 rings (SSSR count). The fourth-order valence-electron chi connectivity index (χ4n) is 3.25. The number of hydrogen-bond donors (Lipinski definition) is 0. The first-order valence-corrected chi connectivity index (χ1v) is 6.12. The van der Waals surface area contributed by atoms with E-state index in [0.29, 0.717) is 0 Å². The third kappa shape index (κ3) is 0.343. The summed E-state index contributed by atoms with van der Waals surface area (Å²) in [6, 6.07) is 0. The molecule has 0 nitrogen and oxygen atoms in total. The molecule has 4 atom stereocenters. The summed E-state index contributed by atoms with van der Waals surface area (Å²) in [5.74, 6) is 1.67. The van der Waals surface area contributed by atoms with Crippen molar-refractivity contribution in [3.63, 3.8) is 0 Å². The number of hydrogen-bond acceptors (Lipinski definition) is 0. The standard InChI is InChI=1S/C8H14S/c1-6-5-8-7-3-2-4-9(6,7)8/h6-8H,2-5H2,1H3. The van der Waals surface area contributed by atoms with Gasteiger partial charge in [-0.15, -0.1) is 0 Å². The molecule has 3 saturated heterocycles. The van der Waals surface area contributed by atoms with Crippen molar-refractivity contribution in [2.75, 3.05) is 5.75 Å². The monoisotopic (exact) mass is 142 g/mol. The van der Waals surface area contributed by atoms with Crippen LogP contribution in [-0.4, -0.2) is 21.5 Å². The maximum atomic E-state index is 2.50. The number of rotatable bonds is 0. The van der Waals surface area contributed by atoms with Gasteiger partial charge in [-0.2, -0.15) is 0 Å². The minimum absolute atomic E-state index is 0.144. The topological polar surface area (TPSA) is 0 Å². The third-order valence-electron chi connectivity index (χ3n) is 3.77. The first kappa shape index (κ1) is 5.06. The Hall–Kier alpha value is 0.350. The van der Waals surface area contributed by atoms with Gasteiger partial charge in [0.15, 0.2) is 0 Å². The van der Waals surface area contributed by atoms with Crippen LogP contribution in [0.15, 0.2) is 0 Å². The molecular weight excluding hydrogens is 128 g/mol. The highest BCUT2D eigenvalue weighted by atomic mass is 32.3. The van der Waals surface area contributed by atoms with Crippen LogP contribution in [0.4, 0.5) is 0 Å². The van der Waals surface area contributed by atoms with E-state index in [4.69, 9.17) is 0 Å². The van der Waals surface area contributed by atoms with Gasteiger partial charge in [-0.25, -0.2) is 10.0 Å². The van der Waals surface area contributed by atoms with E-state index in [-0.39, 0.29) is 10.0 Å². The molecule has 0 aromatic heterocycles. The summed E-state index contributed by atoms with van der Waals surface area (Å²) in [5, 5.41) is 3.80. The van der Waals surface area contributed by atoms with Crippen molar-refractivity contribution in [3.05, 3.63) is 0 Å². The minimum Gasteiger partial charge on any atom is -0.231 e. The maximum Gasteiger partial charge on any atom is 0.000827 e. The largest absolute Gasteiger partial charge is 0.231 e. The average Bonchev–Trinajstić information content (AvgIpc) is 2.32. The lowest BCUT2D eigenvalue weighted by Gasteiger charge is -2.37. The zero-order chi connectivity index (χ0) is 6.06. The quantitative estimate of drug-likeness (QED) is 0.454. The van der Waals surface area contributed by atoms with E-state index in [2.05, 4.69) is 6.92 Å². The molecule has 0 bridgehead atoms. The average molecular weight is 142 g/mol. The lowest BCUT2D eigenvalue weighted by Crippen LogP contribution is -2.21. The predicted octanol–water partition coefficient (Wildman–Crippen LogP) is 2.13. The lowest BCUT2D eigenvalue weighted by molar-refractivity contribution is 0.700. The van der Waals surface area contributed by atoms with E-state index in [1.807, 2.05) is 0 Å². The molecule has 9 heavy (non-hydrogen) atoms. The van der Waals surface area contributed by atoms with E-state index in [1.54, 1.807) is 25.0 Å². The second kappa shape index (κ2) is 1.20. The van der Waals surface area contributed by atoms with Gasteiger partial charge >= 0.3 is 0 Å². The van der Waals surface area contributed by atoms with Crippen molar-refractivity contribution in [3.8, 4) is 0 Å². The predicted molar refractivity (Wildman–Crippen MR) is 43.3 cm³/mol. The van der Waals surface area contributed by atoms with Crippen molar-refractivity contribution < 1.29 is 0 Å². The zero-order valence-electron chi connectivity index (χ0n) is 5.97. The molecule has 3 aliphatic rings. The molecule has 3 heterocycles. The Labute approximate surface area is 58.3 Å². The van der Waals surface area contributed by atoms with E-state index >= 15 is 0 Å². The Bertz CT molecular complexity index is 160. The van der Waals surface area contributed by atoms with Crippen LogP contribution in [0.1, 0.15) is 26.2 Å². The Morgan fingerprint density at radius 1 is 1.33 bits per heavy atom. The van der Waals surface area contributed by atoms with Crippen molar-refractivity contribution in [1.29, 1.82) is 0 Å². The first-order chi connectivity index (χ1) is 4.36. The highest BCUT2D eigenvalue weighted by molar-refractivity contribution is 8.42. The van der Waals surface area contributed by atoms with Crippen LogP contribution in [0, 0.1) is 0 Å². The summed E-state index contributed by atoms with van der Waals surface area (Å²) in [7, 11) is 0.144. The second-order valence-electron chi connectivity index (χ2n) is 3.88. The number of fused-ring (bicyclic) bond motifs is 1. The SMILES string of the molecule is CC1CC2C3CCCS132. The molecule has 0 aromatic rings. The van der Waals surface area contributed by atoms with Gasteiger partial charge in [0.2, 0.25) is 0 Å². The fraction of sp³-hybridized carbons (Fsp3) is 1.00. The van der Waals surface area contributed by atoms with Crippen molar-refractivity contribution in [1.82, 2.24) is 0 Å². The molecule has 0 aliphatic carbocycles. The van der Waals surface area contributed by atoms with E-state index in [1.165, 1.54) is 15.7 Å². The van der Waals surface area contributed by atoms with Gasteiger partial charge in [0.25, 0.3) is 0 Å². The van der Waals surface area contributed by atoms with Crippen LogP contribution in [0.3, 0.4) is 0 Å². The van der Waals surface area contributed by atoms with Crippen LogP contribution in [0.5, 0.6) is 0 Å². The summed E-state index contributed by atoms with van der Waals surface area (Å²) >= 11 is 0. The molecule has 52 valence electrons. The minimum atomic E-state index is 0.144. The smallest absolute Gasteiger partial charge is 0.000827 e. The van der Waals surface area contributed by atoms with Gasteiger partial charge < -0.3 is 0 Å². The van der Waals surface area contributed by atoms with Crippen LogP contribution in [0.2, 0.25) is 0 Å². The summed E-state index contributed by atoms with van der Waals surface area (Å²) in [5.41, 5.74) is 0. The third-order valence-corrected chi connectivity index (χ3v) is 9.48. The fourth-order valence-corrected chi connectivity index (χ4v) is 9.25. The van der Waals surface area contributed by atoms with Crippen LogP contribution < -0.4 is 0 Å². The van der Waals surface area contributed by atoms with E-state index < -0.39 is 0 Å². The Morgan fingerprint density at radius 3 is 2.67 bits per heavy atom. The molecule has 3 aliphatic heterocycles. The highest BCUT2D eigenvalue weighted by Crippen LogP contribution is 2.90. The van der Waals surface area contributed by atoms with E-state index in [0.717, 1.165) is 0 Å². The Morgan fingerprint density at radius 2 is 2.22 bits per heavy atom. The molecular formula is C8H14S. The van der Waals surface area contributed by atoms with Crippen molar-refractivity contribution in [2.24, 2.45) is 0 Å². The zero-order valence-corrected chi connectivity index (χ0v) is 6.79. The second-order valence-corrected chi connectivity index (χ2v) is 8.12. The van der Waals surface area contributed by atoms with Gasteiger partial charge in [0.05, 0.1) is 0 Å². The van der Waals surface area contributed by atoms with Gasteiger partial charge in [-0.3, -0.25) is 0 Å². The van der Waals surface area contributed by atoms with Gasteiger partial charge in [0, 0.05) is 5.25 Å². The van der Waals surface area contributed by atoms with Crippen molar-refractivity contribution >= 4 is 10.0 Å². The molecule has 0 N–H and O–H groups in total. The molecule has 0 amide bonds. The molecule has 1 heteroatoms. The summed E-state index contributed by atoms with van der Waals surface area (Å²) < 4.78 is 0. The summed E-state index contributed by atoms with van der Waals surface area (Å²) in [6.45, 7) is 2.50. The molecule has 4 unspecified atom stereocenters. The van der Waals surface area contributed by atoms with Gasteiger partial charge in [0.1, 0.15) is 0 Å². The van der Waals surface area contributed by atoms with Crippen LogP contribution in [-0.2, 0) is 0 Å². The van der Waals surface area contributed by atoms with Gasteiger partial charge in [-0.1, -0.05) is 6.92 Å². The van der Waals surface area contributed by atoms with E-state index in [9.17, 15) is 0 Å². The van der Waals surface area contributed by atoms with Crippen LogP contribution >= 0.6 is 10.0 Å². The Balaban J connectivity index is 1.97. The molecule has 0 saturated carbocycles. The molecule has 0 radical (unpaired) electrons. The molecule has 1 spiro atoms. The van der Waals surface area contributed by atoms with Crippen LogP contribution in [0.25, 0.3) is 0 Å².